The lowest BCUT2D eigenvalue weighted by molar-refractivity contribution is 0.414. The predicted molar refractivity (Wildman–Crippen MR) is 118 cm³/mol. The summed E-state index contributed by atoms with van der Waals surface area (Å²) in [5.41, 5.74) is 6.31. The van der Waals surface area contributed by atoms with Gasteiger partial charge in [-0.15, -0.1) is 0 Å². The lowest BCUT2D eigenvalue weighted by Crippen LogP contribution is -1.97. The Morgan fingerprint density at radius 2 is 1.14 bits per heavy atom. The molecule has 3 aromatic rings. The molecule has 0 aliphatic carbocycles. The molecule has 3 rings (SSSR count). The lowest BCUT2D eigenvalue weighted by atomic mass is 9.87. The Bertz CT molecular complexity index is 842. The number of hydrogen-bond acceptors (Lipinski definition) is 2. The Labute approximate surface area is 168 Å². The van der Waals surface area contributed by atoms with Crippen molar-refractivity contribution < 1.29 is 9.47 Å². The largest absolute Gasteiger partial charge is 0.497 e. The Morgan fingerprint density at radius 1 is 0.643 bits per heavy atom. The molecule has 0 saturated heterocycles. The van der Waals surface area contributed by atoms with Gasteiger partial charge in [0.1, 0.15) is 11.5 Å². The number of hydrogen-bond donors (Lipinski definition) is 0. The summed E-state index contributed by atoms with van der Waals surface area (Å²) in [7, 11) is 3.40. The smallest absolute Gasteiger partial charge is 0.118 e. The third-order valence-corrected chi connectivity index (χ3v) is 4.96. The second kappa shape index (κ2) is 9.80. The first-order chi connectivity index (χ1) is 13.8. The third kappa shape index (κ3) is 4.64. The Hall–Kier alpha value is -3.00. The first-order valence-electron chi connectivity index (χ1n) is 9.84. The second-order valence-corrected chi connectivity index (χ2v) is 6.78. The molecule has 0 N–H and O–H groups in total. The number of methoxy groups -OCH3 is 2. The first-order valence-corrected chi connectivity index (χ1v) is 9.84. The highest BCUT2D eigenvalue weighted by Gasteiger charge is 2.14. The molecular formula is C26H28O2. The standard InChI is InChI=1S/C26H28O2/c1-4-5-11-25(20-9-7-6-8-10-20)26(21-12-16-23(27-2)17-13-21)22-14-18-24(28-3)19-15-22/h6-10,12-19H,4-5,11H2,1-3H3. The SMILES string of the molecule is CCCCC(=C(c1ccc(OC)cc1)c1ccc(OC)cc1)c1ccccc1. The van der Waals surface area contributed by atoms with Crippen molar-refractivity contribution in [1.29, 1.82) is 0 Å². The van der Waals surface area contributed by atoms with Gasteiger partial charge in [0.25, 0.3) is 0 Å². The van der Waals surface area contributed by atoms with Crippen molar-refractivity contribution >= 4 is 11.1 Å². The van der Waals surface area contributed by atoms with Crippen LogP contribution in [0.3, 0.4) is 0 Å². The van der Waals surface area contributed by atoms with Gasteiger partial charge < -0.3 is 9.47 Å². The van der Waals surface area contributed by atoms with E-state index in [4.69, 9.17) is 9.47 Å². The molecule has 3 aromatic carbocycles. The topological polar surface area (TPSA) is 18.5 Å². The van der Waals surface area contributed by atoms with Gasteiger partial charge in [-0.3, -0.25) is 0 Å². The molecule has 0 aromatic heterocycles. The zero-order valence-electron chi connectivity index (χ0n) is 16.9. The van der Waals surface area contributed by atoms with E-state index in [1.165, 1.54) is 27.8 Å². The van der Waals surface area contributed by atoms with Crippen molar-refractivity contribution in [3.05, 3.63) is 95.6 Å². The van der Waals surface area contributed by atoms with Crippen LogP contribution >= 0.6 is 0 Å². The number of ether oxygens (including phenoxy) is 2. The molecule has 0 radical (unpaired) electrons. The van der Waals surface area contributed by atoms with E-state index in [-0.39, 0.29) is 0 Å². The fourth-order valence-corrected chi connectivity index (χ4v) is 3.44. The third-order valence-electron chi connectivity index (χ3n) is 4.96. The molecule has 0 amide bonds. The summed E-state index contributed by atoms with van der Waals surface area (Å²) >= 11 is 0. The van der Waals surface area contributed by atoms with Gasteiger partial charge in [-0.2, -0.15) is 0 Å². The minimum atomic E-state index is 0.868. The second-order valence-electron chi connectivity index (χ2n) is 6.78. The molecule has 2 heteroatoms. The number of unbranched alkanes of at least 4 members (excludes halogenated alkanes) is 1. The van der Waals surface area contributed by atoms with Gasteiger partial charge in [0, 0.05) is 0 Å². The minimum Gasteiger partial charge on any atom is -0.497 e. The number of allylic oxidation sites excluding steroid dienone is 1. The van der Waals surface area contributed by atoms with Crippen LogP contribution in [-0.4, -0.2) is 14.2 Å². The first kappa shape index (κ1) is 19.8. The molecule has 0 bridgehead atoms. The molecule has 28 heavy (non-hydrogen) atoms. The summed E-state index contributed by atoms with van der Waals surface area (Å²) in [4.78, 5) is 0. The highest BCUT2D eigenvalue weighted by Crippen LogP contribution is 2.36. The fraction of sp³-hybridized carbons (Fsp3) is 0.231. The van der Waals surface area contributed by atoms with Crippen LogP contribution in [0.5, 0.6) is 11.5 Å². The summed E-state index contributed by atoms with van der Waals surface area (Å²) < 4.78 is 10.7. The van der Waals surface area contributed by atoms with Crippen molar-refractivity contribution in [2.45, 2.75) is 26.2 Å². The van der Waals surface area contributed by atoms with Crippen molar-refractivity contribution in [3.63, 3.8) is 0 Å². The van der Waals surface area contributed by atoms with Crippen molar-refractivity contribution in [2.24, 2.45) is 0 Å². The average Bonchev–Trinajstić information content (AvgIpc) is 2.77. The highest BCUT2D eigenvalue weighted by atomic mass is 16.5. The molecule has 2 nitrogen and oxygen atoms in total. The zero-order valence-corrected chi connectivity index (χ0v) is 16.9. The summed E-state index contributed by atoms with van der Waals surface area (Å²) in [6, 6.07) is 27.4. The average molecular weight is 373 g/mol. The lowest BCUT2D eigenvalue weighted by Gasteiger charge is -2.18. The quantitative estimate of drug-likeness (QED) is 0.402. The molecule has 0 spiro atoms. The van der Waals surface area contributed by atoms with Gasteiger partial charge in [-0.1, -0.05) is 67.9 Å². The normalized spacial score (nSPS) is 10.4. The van der Waals surface area contributed by atoms with Gasteiger partial charge in [-0.25, -0.2) is 0 Å². The van der Waals surface area contributed by atoms with E-state index in [1.54, 1.807) is 14.2 Å². The highest BCUT2D eigenvalue weighted by molar-refractivity contribution is 5.98. The maximum absolute atomic E-state index is 5.36. The molecule has 0 aliphatic rings. The zero-order chi connectivity index (χ0) is 19.8. The van der Waals surface area contributed by atoms with Gasteiger partial charge in [-0.05, 0) is 64.9 Å². The van der Waals surface area contributed by atoms with Gasteiger partial charge in [0.05, 0.1) is 14.2 Å². The molecule has 0 atom stereocenters. The summed E-state index contributed by atoms with van der Waals surface area (Å²) in [5.74, 6) is 1.74. The summed E-state index contributed by atoms with van der Waals surface area (Å²) in [6.45, 7) is 2.24. The Kier molecular flexibility index (Phi) is 6.91. The van der Waals surface area contributed by atoms with E-state index in [2.05, 4.69) is 61.5 Å². The van der Waals surface area contributed by atoms with E-state index in [9.17, 15) is 0 Å². The fourth-order valence-electron chi connectivity index (χ4n) is 3.44. The van der Waals surface area contributed by atoms with Crippen LogP contribution in [0.15, 0.2) is 78.9 Å². The van der Waals surface area contributed by atoms with Crippen molar-refractivity contribution in [3.8, 4) is 11.5 Å². The van der Waals surface area contributed by atoms with Crippen LogP contribution in [0.25, 0.3) is 11.1 Å². The van der Waals surface area contributed by atoms with Gasteiger partial charge in [0.15, 0.2) is 0 Å². The molecule has 0 fully saturated rings. The predicted octanol–water partition coefficient (Wildman–Crippen LogP) is 6.85. The number of benzene rings is 3. The summed E-state index contributed by atoms with van der Waals surface area (Å²) in [6.07, 6.45) is 3.35. The molecule has 144 valence electrons. The molecule has 0 heterocycles. The number of rotatable bonds is 8. The van der Waals surface area contributed by atoms with Crippen molar-refractivity contribution in [1.82, 2.24) is 0 Å². The van der Waals surface area contributed by atoms with E-state index in [0.29, 0.717) is 0 Å². The van der Waals surface area contributed by atoms with Crippen LogP contribution in [0.2, 0.25) is 0 Å². The van der Waals surface area contributed by atoms with Crippen LogP contribution in [0.4, 0.5) is 0 Å². The Balaban J connectivity index is 2.21. The minimum absolute atomic E-state index is 0.868. The Morgan fingerprint density at radius 3 is 1.57 bits per heavy atom. The molecule has 0 unspecified atom stereocenters. The summed E-state index contributed by atoms with van der Waals surface area (Å²) in [5, 5.41) is 0. The van der Waals surface area contributed by atoms with E-state index < -0.39 is 0 Å². The van der Waals surface area contributed by atoms with Crippen LogP contribution in [-0.2, 0) is 0 Å². The molecule has 0 saturated carbocycles. The van der Waals surface area contributed by atoms with Crippen LogP contribution in [0, 0.1) is 0 Å². The van der Waals surface area contributed by atoms with Gasteiger partial charge >= 0.3 is 0 Å². The van der Waals surface area contributed by atoms with Crippen LogP contribution < -0.4 is 9.47 Å². The van der Waals surface area contributed by atoms with E-state index in [1.807, 2.05) is 24.3 Å². The maximum atomic E-state index is 5.36. The monoisotopic (exact) mass is 372 g/mol. The van der Waals surface area contributed by atoms with Crippen LogP contribution in [0.1, 0.15) is 42.9 Å². The van der Waals surface area contributed by atoms with E-state index in [0.717, 1.165) is 30.8 Å². The van der Waals surface area contributed by atoms with Gasteiger partial charge in [0.2, 0.25) is 0 Å². The maximum Gasteiger partial charge on any atom is 0.118 e. The van der Waals surface area contributed by atoms with Crippen molar-refractivity contribution in [2.75, 3.05) is 14.2 Å². The molecular weight excluding hydrogens is 344 g/mol. The van der Waals surface area contributed by atoms with E-state index >= 15 is 0 Å². The molecule has 0 aliphatic heterocycles.